The normalized spacial score (nSPS) is 22.1. The zero-order chi connectivity index (χ0) is 20.4. The molecule has 1 saturated heterocycles. The third-order valence-corrected chi connectivity index (χ3v) is 4.83. The quantitative estimate of drug-likeness (QED) is 0.735. The summed E-state index contributed by atoms with van der Waals surface area (Å²) >= 11 is 5.72. The Bertz CT molecular complexity index is 720. The molecule has 1 aliphatic heterocycles. The van der Waals surface area contributed by atoms with Crippen LogP contribution in [0.2, 0.25) is 5.02 Å². The minimum atomic E-state index is -0.818. The van der Waals surface area contributed by atoms with Crippen molar-refractivity contribution in [2.45, 2.75) is 52.9 Å². The van der Waals surface area contributed by atoms with Gasteiger partial charge in [-0.3, -0.25) is 9.59 Å². The first kappa shape index (κ1) is 21.8. The fraction of sp³-hybridized carbons (Fsp3) is 0.600. The molecule has 1 N–H and O–H groups in total. The van der Waals surface area contributed by atoms with E-state index in [0.29, 0.717) is 18.7 Å². The van der Waals surface area contributed by atoms with Crippen molar-refractivity contribution >= 4 is 23.3 Å². The lowest BCUT2D eigenvalue weighted by atomic mass is 9.85. The van der Waals surface area contributed by atoms with Crippen LogP contribution >= 0.6 is 11.6 Å². The topological polar surface area (TPSA) is 64.6 Å². The highest BCUT2D eigenvalue weighted by Crippen LogP contribution is 2.34. The van der Waals surface area contributed by atoms with Gasteiger partial charge in [-0.2, -0.15) is 0 Å². The van der Waals surface area contributed by atoms with Gasteiger partial charge in [-0.25, -0.2) is 4.39 Å². The molecule has 1 fully saturated rings. The maximum atomic E-state index is 13.2. The Labute approximate surface area is 164 Å². The number of hydrogen-bond donors (Lipinski definition) is 1. The minimum absolute atomic E-state index is 0.0803. The highest BCUT2D eigenvalue weighted by molar-refractivity contribution is 6.31. The molecular weight excluding hydrogens is 373 g/mol. The van der Waals surface area contributed by atoms with Gasteiger partial charge in [0.05, 0.1) is 11.6 Å². The van der Waals surface area contributed by atoms with Gasteiger partial charge < -0.3 is 14.8 Å². The van der Waals surface area contributed by atoms with E-state index in [-0.39, 0.29) is 29.1 Å². The number of halogens is 2. The molecule has 1 aromatic carbocycles. The van der Waals surface area contributed by atoms with E-state index >= 15 is 0 Å². The number of nitrogens with one attached hydrogen (secondary N) is 1. The second-order valence-corrected chi connectivity index (χ2v) is 8.69. The summed E-state index contributed by atoms with van der Waals surface area (Å²) in [6.07, 6.45) is -0.425. The van der Waals surface area contributed by atoms with Crippen molar-refractivity contribution in [1.82, 2.24) is 5.32 Å². The predicted molar refractivity (Wildman–Crippen MR) is 101 cm³/mol. The van der Waals surface area contributed by atoms with Gasteiger partial charge in [-0.1, -0.05) is 32.4 Å². The number of carbonyl (C=O) groups is 2. The Morgan fingerprint density at radius 3 is 2.63 bits per heavy atom. The maximum Gasteiger partial charge on any atom is 0.249 e. The van der Waals surface area contributed by atoms with Gasteiger partial charge in [0.1, 0.15) is 11.9 Å². The fourth-order valence-corrected chi connectivity index (χ4v) is 3.05. The SMILES string of the molecule is C[C@@H](CNC(=O)[C@@H]1OC(C)(C)OCC1(C)C)CC(=O)c1ccc(F)c(Cl)c1. The first-order valence-corrected chi connectivity index (χ1v) is 9.37. The summed E-state index contributed by atoms with van der Waals surface area (Å²) in [4.78, 5) is 24.9. The number of ether oxygens (including phenoxy) is 2. The molecule has 2 atom stereocenters. The summed E-state index contributed by atoms with van der Waals surface area (Å²) in [5.41, 5.74) is -0.0982. The molecule has 0 spiro atoms. The van der Waals surface area contributed by atoms with Crippen LogP contribution < -0.4 is 5.32 Å². The van der Waals surface area contributed by atoms with Gasteiger partial charge in [0.25, 0.3) is 0 Å². The highest BCUT2D eigenvalue weighted by atomic mass is 35.5. The molecule has 2 rings (SSSR count). The fourth-order valence-electron chi connectivity index (χ4n) is 2.86. The van der Waals surface area contributed by atoms with Crippen molar-refractivity contribution in [1.29, 1.82) is 0 Å². The third kappa shape index (κ3) is 5.74. The van der Waals surface area contributed by atoms with Gasteiger partial charge >= 0.3 is 0 Å². The van der Waals surface area contributed by atoms with E-state index in [9.17, 15) is 14.0 Å². The molecule has 0 aromatic heterocycles. The molecule has 1 aliphatic rings. The summed E-state index contributed by atoms with van der Waals surface area (Å²) in [5, 5.41) is 2.78. The van der Waals surface area contributed by atoms with E-state index in [4.69, 9.17) is 21.1 Å². The van der Waals surface area contributed by atoms with Crippen molar-refractivity contribution < 1.29 is 23.5 Å². The summed E-state index contributed by atoms with van der Waals surface area (Å²) in [6.45, 7) is 9.99. The first-order chi connectivity index (χ1) is 12.4. The van der Waals surface area contributed by atoms with Crippen LogP contribution in [0.4, 0.5) is 4.39 Å². The number of Topliss-reactive ketones (excluding diaryl/α,β-unsaturated/α-hetero) is 1. The molecule has 0 saturated carbocycles. The minimum Gasteiger partial charge on any atom is -0.354 e. The largest absolute Gasteiger partial charge is 0.354 e. The van der Waals surface area contributed by atoms with E-state index in [1.165, 1.54) is 18.2 Å². The summed E-state index contributed by atoms with van der Waals surface area (Å²) in [7, 11) is 0. The summed E-state index contributed by atoms with van der Waals surface area (Å²) in [6, 6.07) is 3.91. The Morgan fingerprint density at radius 1 is 1.33 bits per heavy atom. The van der Waals surface area contributed by atoms with E-state index in [0.717, 1.165) is 0 Å². The predicted octanol–water partition coefficient (Wildman–Crippen LogP) is 3.98. The van der Waals surface area contributed by atoms with Gasteiger partial charge in [0.2, 0.25) is 5.91 Å². The molecule has 7 heteroatoms. The Balaban J connectivity index is 1.90. The van der Waals surface area contributed by atoms with Crippen LogP contribution in [-0.2, 0) is 14.3 Å². The van der Waals surface area contributed by atoms with E-state index < -0.39 is 23.1 Å². The van der Waals surface area contributed by atoms with E-state index in [1.807, 2.05) is 20.8 Å². The average Bonchev–Trinajstić information content (AvgIpc) is 2.57. The van der Waals surface area contributed by atoms with Crippen LogP contribution in [0.5, 0.6) is 0 Å². The molecule has 27 heavy (non-hydrogen) atoms. The van der Waals surface area contributed by atoms with Crippen molar-refractivity contribution in [2.75, 3.05) is 13.2 Å². The lowest BCUT2D eigenvalue weighted by Crippen LogP contribution is -2.56. The molecule has 0 bridgehead atoms. The summed E-state index contributed by atoms with van der Waals surface area (Å²) < 4.78 is 24.6. The molecular formula is C20H27ClFNO4. The third-order valence-electron chi connectivity index (χ3n) is 4.54. The number of rotatable bonds is 6. The van der Waals surface area contributed by atoms with Crippen LogP contribution in [0.3, 0.4) is 0 Å². The van der Waals surface area contributed by atoms with Crippen LogP contribution in [0.1, 0.15) is 51.4 Å². The van der Waals surface area contributed by atoms with Crippen LogP contribution in [0.15, 0.2) is 18.2 Å². The van der Waals surface area contributed by atoms with E-state index in [1.54, 1.807) is 13.8 Å². The van der Waals surface area contributed by atoms with Crippen molar-refractivity contribution in [3.05, 3.63) is 34.6 Å². The highest BCUT2D eigenvalue weighted by Gasteiger charge is 2.45. The van der Waals surface area contributed by atoms with Crippen molar-refractivity contribution in [2.24, 2.45) is 11.3 Å². The lowest BCUT2D eigenvalue weighted by Gasteiger charge is -2.44. The van der Waals surface area contributed by atoms with Crippen LogP contribution in [0, 0.1) is 17.2 Å². The van der Waals surface area contributed by atoms with Crippen LogP contribution in [0.25, 0.3) is 0 Å². The first-order valence-electron chi connectivity index (χ1n) is 8.99. The zero-order valence-electron chi connectivity index (χ0n) is 16.4. The Hall–Kier alpha value is -1.50. The lowest BCUT2D eigenvalue weighted by molar-refractivity contribution is -0.304. The van der Waals surface area contributed by atoms with E-state index in [2.05, 4.69) is 5.32 Å². The molecule has 150 valence electrons. The smallest absolute Gasteiger partial charge is 0.249 e. The van der Waals surface area contributed by atoms with Gasteiger partial charge in [0, 0.05) is 23.9 Å². The Morgan fingerprint density at radius 2 is 2.00 bits per heavy atom. The molecule has 1 amide bonds. The molecule has 1 heterocycles. The maximum absolute atomic E-state index is 13.2. The molecule has 0 aliphatic carbocycles. The molecule has 1 aromatic rings. The second kappa shape index (κ2) is 8.25. The molecule has 0 radical (unpaired) electrons. The number of hydrogen-bond acceptors (Lipinski definition) is 4. The van der Waals surface area contributed by atoms with Crippen molar-refractivity contribution in [3.8, 4) is 0 Å². The number of carbonyl (C=O) groups excluding carboxylic acids is 2. The standard InChI is InChI=1S/C20H27ClFNO4/c1-12(8-16(24)13-6-7-15(22)14(21)9-13)10-23-18(25)17-19(2,3)11-26-20(4,5)27-17/h6-7,9,12,17H,8,10-11H2,1-5H3,(H,23,25)/t12-,17+/m1/s1. The molecule has 5 nitrogen and oxygen atoms in total. The monoisotopic (exact) mass is 399 g/mol. The van der Waals surface area contributed by atoms with Gasteiger partial charge in [-0.05, 0) is 38.0 Å². The molecule has 0 unspecified atom stereocenters. The second-order valence-electron chi connectivity index (χ2n) is 8.28. The number of amides is 1. The number of benzene rings is 1. The van der Waals surface area contributed by atoms with Crippen LogP contribution in [-0.4, -0.2) is 36.7 Å². The average molecular weight is 400 g/mol. The number of ketones is 1. The van der Waals surface area contributed by atoms with Gasteiger partial charge in [0.15, 0.2) is 11.6 Å². The Kier molecular flexibility index (Phi) is 6.66. The van der Waals surface area contributed by atoms with Gasteiger partial charge in [-0.15, -0.1) is 0 Å². The van der Waals surface area contributed by atoms with Crippen molar-refractivity contribution in [3.63, 3.8) is 0 Å². The summed E-state index contributed by atoms with van der Waals surface area (Å²) in [5.74, 6) is -1.85. The zero-order valence-corrected chi connectivity index (χ0v) is 17.2.